The Morgan fingerprint density at radius 1 is 1.24 bits per heavy atom. The highest BCUT2D eigenvalue weighted by molar-refractivity contribution is 6.20. The third-order valence-corrected chi connectivity index (χ3v) is 4.42. The van der Waals surface area contributed by atoms with Crippen molar-refractivity contribution < 1.29 is 9.59 Å². The van der Waals surface area contributed by atoms with Gasteiger partial charge in [0.1, 0.15) is 5.69 Å². The van der Waals surface area contributed by atoms with Gasteiger partial charge in [-0.2, -0.15) is 0 Å². The maximum Gasteiger partial charge on any atom is 0.280 e. The summed E-state index contributed by atoms with van der Waals surface area (Å²) in [7, 11) is 0. The van der Waals surface area contributed by atoms with Crippen LogP contribution in [0.5, 0.6) is 0 Å². The third-order valence-electron chi connectivity index (χ3n) is 4.42. The molecule has 3 rings (SSSR count). The molecule has 1 saturated carbocycles. The molecule has 0 spiro atoms. The molecular formula is C16H21N3O2. The van der Waals surface area contributed by atoms with Gasteiger partial charge in [-0.15, -0.1) is 0 Å². The Hall–Kier alpha value is -1.75. The molecule has 5 nitrogen and oxygen atoms in total. The van der Waals surface area contributed by atoms with Crippen LogP contribution < -0.4 is 5.32 Å². The lowest BCUT2D eigenvalue weighted by molar-refractivity contribution is 0.0536. The molecule has 1 aliphatic carbocycles. The number of aromatic nitrogens is 1. The molecule has 1 aliphatic heterocycles. The maximum absolute atomic E-state index is 12.4. The number of rotatable bonds is 4. The van der Waals surface area contributed by atoms with Crippen molar-refractivity contribution >= 4 is 11.8 Å². The number of carbonyl (C=O) groups is 2. The fourth-order valence-corrected chi connectivity index (χ4v) is 3.30. The first kappa shape index (κ1) is 14.2. The van der Waals surface area contributed by atoms with Gasteiger partial charge in [0.2, 0.25) is 0 Å². The van der Waals surface area contributed by atoms with E-state index in [1.807, 2.05) is 0 Å². The van der Waals surface area contributed by atoms with Crippen molar-refractivity contribution in [1.82, 2.24) is 15.2 Å². The molecule has 112 valence electrons. The van der Waals surface area contributed by atoms with Gasteiger partial charge in [-0.05, 0) is 50.8 Å². The average Bonchev–Trinajstić information content (AvgIpc) is 2.78. The van der Waals surface area contributed by atoms with E-state index in [2.05, 4.69) is 17.2 Å². The summed E-state index contributed by atoms with van der Waals surface area (Å²) in [6.45, 7) is 3.19. The number of nitrogens with zero attached hydrogens (tertiary/aromatic N) is 2. The average molecular weight is 287 g/mol. The summed E-state index contributed by atoms with van der Waals surface area (Å²) in [5.41, 5.74) is 0.766. The normalized spacial score (nSPS) is 25.3. The van der Waals surface area contributed by atoms with Gasteiger partial charge in [0.15, 0.2) is 0 Å². The molecule has 0 aromatic carbocycles. The van der Waals surface area contributed by atoms with Crippen LogP contribution in [0.3, 0.4) is 0 Å². The van der Waals surface area contributed by atoms with Crippen LogP contribution in [0.2, 0.25) is 0 Å². The first-order valence-corrected chi connectivity index (χ1v) is 7.78. The number of amides is 2. The molecule has 0 atom stereocenters. The van der Waals surface area contributed by atoms with Gasteiger partial charge in [-0.1, -0.05) is 6.92 Å². The second kappa shape index (κ2) is 5.93. The quantitative estimate of drug-likeness (QED) is 0.860. The van der Waals surface area contributed by atoms with E-state index in [0.717, 1.165) is 38.6 Å². The molecular weight excluding hydrogens is 266 g/mol. The molecule has 2 heterocycles. The Kier molecular flexibility index (Phi) is 4.01. The monoisotopic (exact) mass is 287 g/mol. The summed E-state index contributed by atoms with van der Waals surface area (Å²) >= 11 is 0. The van der Waals surface area contributed by atoms with Crippen molar-refractivity contribution in [3.63, 3.8) is 0 Å². The zero-order valence-electron chi connectivity index (χ0n) is 12.3. The van der Waals surface area contributed by atoms with Gasteiger partial charge in [0.25, 0.3) is 11.8 Å². The van der Waals surface area contributed by atoms with E-state index in [9.17, 15) is 9.59 Å². The largest absolute Gasteiger partial charge is 0.314 e. The highest BCUT2D eigenvalue weighted by Crippen LogP contribution is 2.30. The zero-order chi connectivity index (χ0) is 14.8. The highest BCUT2D eigenvalue weighted by Gasteiger charge is 2.41. The number of imide groups is 1. The Balaban J connectivity index is 1.67. The van der Waals surface area contributed by atoms with Crippen molar-refractivity contribution in [3.05, 3.63) is 29.6 Å². The topological polar surface area (TPSA) is 62.3 Å². The van der Waals surface area contributed by atoms with Crippen LogP contribution in [0.1, 0.15) is 59.9 Å². The lowest BCUT2D eigenvalue weighted by atomic mass is 9.90. The Morgan fingerprint density at radius 3 is 2.67 bits per heavy atom. The summed E-state index contributed by atoms with van der Waals surface area (Å²) in [6, 6.07) is 3.95. The fourth-order valence-electron chi connectivity index (χ4n) is 3.30. The number of nitrogens with one attached hydrogen (secondary N) is 1. The molecule has 1 aromatic rings. The van der Waals surface area contributed by atoms with E-state index in [0.29, 0.717) is 17.3 Å². The van der Waals surface area contributed by atoms with Crippen LogP contribution in [0.15, 0.2) is 18.3 Å². The fraction of sp³-hybridized carbons (Fsp3) is 0.562. The summed E-state index contributed by atoms with van der Waals surface area (Å²) in [5, 5.41) is 3.52. The van der Waals surface area contributed by atoms with E-state index in [4.69, 9.17) is 0 Å². The van der Waals surface area contributed by atoms with Gasteiger partial charge in [-0.25, -0.2) is 0 Å². The zero-order valence-corrected chi connectivity index (χ0v) is 12.3. The van der Waals surface area contributed by atoms with Crippen molar-refractivity contribution in [3.8, 4) is 0 Å². The first-order chi connectivity index (χ1) is 10.2. The van der Waals surface area contributed by atoms with Gasteiger partial charge in [0.05, 0.1) is 5.56 Å². The Labute approximate surface area is 124 Å². The number of carbonyl (C=O) groups excluding carboxylic acids is 2. The predicted molar refractivity (Wildman–Crippen MR) is 79.1 cm³/mol. The number of hydrogen-bond donors (Lipinski definition) is 1. The maximum atomic E-state index is 12.4. The molecule has 1 aromatic heterocycles. The number of pyridine rings is 1. The molecule has 2 amide bonds. The molecule has 0 saturated heterocycles. The van der Waals surface area contributed by atoms with Crippen LogP contribution in [0.25, 0.3) is 0 Å². The molecule has 0 bridgehead atoms. The lowest BCUT2D eigenvalue weighted by Gasteiger charge is -2.33. The number of fused-ring (bicyclic) bond motifs is 1. The van der Waals surface area contributed by atoms with Crippen LogP contribution in [0, 0.1) is 0 Å². The van der Waals surface area contributed by atoms with Crippen molar-refractivity contribution in [2.75, 3.05) is 6.54 Å². The SMILES string of the molecule is CCCNC1CCC(N2C(=O)c3cccnc3C2=O)CC1. The van der Waals surface area contributed by atoms with E-state index < -0.39 is 0 Å². The minimum absolute atomic E-state index is 0.0267. The molecule has 1 N–H and O–H groups in total. The van der Waals surface area contributed by atoms with E-state index in [1.165, 1.54) is 4.90 Å². The Bertz CT molecular complexity index is 515. The van der Waals surface area contributed by atoms with Crippen molar-refractivity contribution in [2.45, 2.75) is 51.1 Å². The van der Waals surface area contributed by atoms with E-state index >= 15 is 0 Å². The van der Waals surface area contributed by atoms with Gasteiger partial charge < -0.3 is 5.32 Å². The summed E-state index contributed by atoms with van der Waals surface area (Å²) in [6.07, 6.45) is 6.50. The van der Waals surface area contributed by atoms with E-state index in [1.54, 1.807) is 18.3 Å². The minimum Gasteiger partial charge on any atom is -0.314 e. The minimum atomic E-state index is -0.222. The molecule has 0 radical (unpaired) electrons. The van der Waals surface area contributed by atoms with Crippen LogP contribution in [-0.2, 0) is 0 Å². The van der Waals surface area contributed by atoms with Gasteiger partial charge >= 0.3 is 0 Å². The predicted octanol–water partition coefficient (Wildman–Crippen LogP) is 1.99. The second-order valence-corrected chi connectivity index (χ2v) is 5.84. The molecule has 21 heavy (non-hydrogen) atoms. The van der Waals surface area contributed by atoms with Gasteiger partial charge in [-0.3, -0.25) is 19.5 Å². The first-order valence-electron chi connectivity index (χ1n) is 7.78. The lowest BCUT2D eigenvalue weighted by Crippen LogP contribution is -2.45. The third kappa shape index (κ3) is 2.58. The van der Waals surface area contributed by atoms with Crippen LogP contribution in [-0.4, -0.2) is 40.3 Å². The molecule has 1 fully saturated rings. The van der Waals surface area contributed by atoms with E-state index in [-0.39, 0.29) is 17.9 Å². The summed E-state index contributed by atoms with van der Waals surface area (Å²) in [5.74, 6) is -0.395. The molecule has 2 aliphatic rings. The summed E-state index contributed by atoms with van der Waals surface area (Å²) < 4.78 is 0. The van der Waals surface area contributed by atoms with Crippen molar-refractivity contribution in [2.24, 2.45) is 0 Å². The van der Waals surface area contributed by atoms with Crippen LogP contribution >= 0.6 is 0 Å². The summed E-state index contributed by atoms with van der Waals surface area (Å²) in [4.78, 5) is 30.3. The highest BCUT2D eigenvalue weighted by atomic mass is 16.2. The molecule has 5 heteroatoms. The second-order valence-electron chi connectivity index (χ2n) is 5.84. The van der Waals surface area contributed by atoms with Crippen LogP contribution in [0.4, 0.5) is 0 Å². The standard InChI is InChI=1S/C16H21N3O2/c1-2-9-17-11-5-7-12(8-6-11)19-15(20)13-4-3-10-18-14(13)16(19)21/h3-4,10-12,17H,2,5-9H2,1H3. The van der Waals surface area contributed by atoms with Gasteiger partial charge in [0, 0.05) is 18.3 Å². The number of hydrogen-bond acceptors (Lipinski definition) is 4. The van der Waals surface area contributed by atoms with Crippen molar-refractivity contribution in [1.29, 1.82) is 0 Å². The smallest absolute Gasteiger partial charge is 0.280 e. The Morgan fingerprint density at radius 2 is 2.00 bits per heavy atom. The molecule has 0 unspecified atom stereocenters.